The number of rotatable bonds is 18. The van der Waals surface area contributed by atoms with Crippen molar-refractivity contribution >= 4 is 6.09 Å². The zero-order valence-corrected chi connectivity index (χ0v) is 35.1. The van der Waals surface area contributed by atoms with E-state index >= 15 is 0 Å². The second kappa shape index (κ2) is 17.5. The van der Waals surface area contributed by atoms with Crippen LogP contribution in [-0.2, 0) is 9.47 Å². The monoisotopic (exact) mass is 715 g/mol. The Bertz CT molecular complexity index is 1150. The summed E-state index contributed by atoms with van der Waals surface area (Å²) in [6, 6.07) is 0. The summed E-state index contributed by atoms with van der Waals surface area (Å²) in [4.78, 5) is 12.9. The van der Waals surface area contributed by atoms with Gasteiger partial charge in [-0.05, 0) is 117 Å². The fraction of sp³-hybridized carbons (Fsp3) is 0.932. The van der Waals surface area contributed by atoms with Gasteiger partial charge in [-0.3, -0.25) is 5.32 Å². The summed E-state index contributed by atoms with van der Waals surface area (Å²) in [5.74, 6) is 5.07. The minimum Gasteiger partial charge on any atom is -0.446 e. The zero-order chi connectivity index (χ0) is 37.7. The van der Waals surface area contributed by atoms with Crippen LogP contribution in [0.15, 0.2) is 11.6 Å². The third-order valence-corrected chi connectivity index (χ3v) is 14.7. The lowest BCUT2D eigenvalue weighted by atomic mass is 9.47. The number of carbonyl (C=O) groups is 1. The Morgan fingerprint density at radius 3 is 2.37 bits per heavy atom. The first-order chi connectivity index (χ1) is 23.8. The maximum Gasteiger partial charge on any atom is 0.407 e. The van der Waals surface area contributed by atoms with Crippen molar-refractivity contribution in [2.45, 2.75) is 165 Å². The van der Waals surface area contributed by atoms with Crippen LogP contribution in [0.1, 0.15) is 153 Å². The molecular formula is C44H82N4O3. The average Bonchev–Trinajstić information content (AvgIpc) is 3.41. The van der Waals surface area contributed by atoms with Gasteiger partial charge in [0, 0.05) is 38.0 Å². The maximum absolute atomic E-state index is 12.9. The molecule has 9 atom stereocenters. The van der Waals surface area contributed by atoms with E-state index in [0.717, 1.165) is 67.7 Å². The van der Waals surface area contributed by atoms with Crippen molar-refractivity contribution in [3.63, 3.8) is 0 Å². The molecule has 7 nitrogen and oxygen atoms in total. The number of allylic oxidation sites excluding steroid dienone is 1. The summed E-state index contributed by atoms with van der Waals surface area (Å²) >= 11 is 0. The lowest BCUT2D eigenvalue weighted by molar-refractivity contribution is -0.152. The van der Waals surface area contributed by atoms with Crippen molar-refractivity contribution in [3.8, 4) is 0 Å². The molecule has 1 amide bonds. The molecule has 0 saturated heterocycles. The molecule has 0 bridgehead atoms. The molecule has 3 saturated carbocycles. The van der Waals surface area contributed by atoms with E-state index in [4.69, 9.17) is 15.2 Å². The van der Waals surface area contributed by atoms with E-state index in [1.165, 1.54) is 51.4 Å². The van der Waals surface area contributed by atoms with Crippen LogP contribution in [0, 0.1) is 57.2 Å². The largest absolute Gasteiger partial charge is 0.446 e. The number of carbonyl (C=O) groups excluding carboxylic acids is 1. The molecule has 6 unspecified atom stereocenters. The first-order valence-corrected chi connectivity index (χ1v) is 21.3. The van der Waals surface area contributed by atoms with Crippen LogP contribution in [0.2, 0.25) is 0 Å². The number of hydrogen-bond donors (Lipinski definition) is 4. The van der Waals surface area contributed by atoms with Gasteiger partial charge in [0.25, 0.3) is 0 Å². The van der Waals surface area contributed by atoms with Gasteiger partial charge in [-0.2, -0.15) is 0 Å². The summed E-state index contributed by atoms with van der Waals surface area (Å²) in [6.45, 7) is 29.8. The lowest BCUT2D eigenvalue weighted by Gasteiger charge is -2.58. The van der Waals surface area contributed by atoms with Crippen LogP contribution >= 0.6 is 0 Å². The Hall–Kier alpha value is -1.15. The van der Waals surface area contributed by atoms with Crippen molar-refractivity contribution < 1.29 is 14.3 Å². The van der Waals surface area contributed by atoms with Crippen LogP contribution in [0.3, 0.4) is 0 Å². The van der Waals surface area contributed by atoms with Gasteiger partial charge in [0.2, 0.25) is 0 Å². The van der Waals surface area contributed by atoms with Crippen LogP contribution in [0.5, 0.6) is 0 Å². The van der Waals surface area contributed by atoms with E-state index in [1.807, 2.05) is 0 Å². The third-order valence-electron chi connectivity index (χ3n) is 14.7. The Kier molecular flexibility index (Phi) is 14.6. The highest BCUT2D eigenvalue weighted by Crippen LogP contribution is 2.67. The lowest BCUT2D eigenvalue weighted by Crippen LogP contribution is -2.58. The van der Waals surface area contributed by atoms with Crippen molar-refractivity contribution in [1.29, 1.82) is 0 Å². The van der Waals surface area contributed by atoms with Crippen LogP contribution in [0.25, 0.3) is 0 Å². The Balaban J connectivity index is 1.21. The molecule has 7 heteroatoms. The molecule has 3 fully saturated rings. The molecule has 0 heterocycles. The quantitative estimate of drug-likeness (QED) is 0.0642. The SMILES string of the molecule is CC(C)CCC[C@H](C)C1CCC2C3CC=C4CC(OC(=O)NCCNCCC(C)(C)C(C)(NCCN)OCC(C)(C)C)CC[C@@]4(C)C3CC[C@]21C. The molecule has 0 aromatic heterocycles. The number of fused-ring (bicyclic) bond motifs is 5. The standard InChI is InChI=1S/C44H82N4O3/c1-31(2)13-12-14-32(3)36-17-18-37-35-16-15-33-29-34(19-21-42(33,9)38(35)20-22-43(36,37)10)51-39(49)47-28-27-46-25-23-41(7,8)44(11,48-26-24-45)50-30-40(4,5)6/h15,31-32,34-38,46,48H,12-14,16-30,45H2,1-11H3,(H,47,49)/t32-,34?,35?,36?,37?,38?,42+,43-,44?/m0/s1. The van der Waals surface area contributed by atoms with Gasteiger partial charge in [-0.1, -0.05) is 100 Å². The fourth-order valence-corrected chi connectivity index (χ4v) is 11.1. The van der Waals surface area contributed by atoms with E-state index in [-0.39, 0.29) is 28.4 Å². The van der Waals surface area contributed by atoms with Crippen molar-refractivity contribution in [3.05, 3.63) is 11.6 Å². The number of nitrogens with one attached hydrogen (secondary N) is 3. The van der Waals surface area contributed by atoms with Gasteiger partial charge in [-0.25, -0.2) is 4.79 Å². The van der Waals surface area contributed by atoms with E-state index in [9.17, 15) is 4.79 Å². The maximum atomic E-state index is 12.9. The van der Waals surface area contributed by atoms with Crippen molar-refractivity contribution in [2.24, 2.45) is 62.9 Å². The number of nitrogens with two attached hydrogens (primary N) is 1. The first-order valence-electron chi connectivity index (χ1n) is 21.3. The normalized spacial score (nSPS) is 32.7. The average molecular weight is 715 g/mol. The van der Waals surface area contributed by atoms with Crippen LogP contribution < -0.4 is 21.7 Å². The smallest absolute Gasteiger partial charge is 0.407 e. The molecule has 5 N–H and O–H groups in total. The summed E-state index contributed by atoms with van der Waals surface area (Å²) in [7, 11) is 0. The van der Waals surface area contributed by atoms with E-state index in [1.54, 1.807) is 5.57 Å². The fourth-order valence-electron chi connectivity index (χ4n) is 11.1. The topological polar surface area (TPSA) is 97.6 Å². The van der Waals surface area contributed by atoms with Gasteiger partial charge in [-0.15, -0.1) is 0 Å². The molecule has 4 rings (SSSR count). The molecule has 0 aromatic carbocycles. The highest BCUT2D eigenvalue weighted by Gasteiger charge is 2.59. The zero-order valence-electron chi connectivity index (χ0n) is 35.1. The highest BCUT2D eigenvalue weighted by atomic mass is 16.6. The number of ether oxygens (including phenoxy) is 2. The Morgan fingerprint density at radius 1 is 0.941 bits per heavy atom. The van der Waals surface area contributed by atoms with Crippen LogP contribution in [0.4, 0.5) is 4.79 Å². The predicted molar refractivity (Wildman–Crippen MR) is 213 cm³/mol. The first kappa shape index (κ1) is 42.6. The van der Waals surface area contributed by atoms with E-state index < -0.39 is 5.72 Å². The summed E-state index contributed by atoms with van der Waals surface area (Å²) < 4.78 is 12.5. The Morgan fingerprint density at radius 2 is 1.69 bits per heavy atom. The van der Waals surface area contributed by atoms with Gasteiger partial charge >= 0.3 is 6.09 Å². The van der Waals surface area contributed by atoms with E-state index in [0.29, 0.717) is 38.2 Å². The van der Waals surface area contributed by atoms with Crippen LogP contribution in [-0.4, -0.2) is 57.3 Å². The van der Waals surface area contributed by atoms with Crippen molar-refractivity contribution in [1.82, 2.24) is 16.0 Å². The second-order valence-electron chi connectivity index (χ2n) is 20.5. The summed E-state index contributed by atoms with van der Waals surface area (Å²) in [5.41, 5.74) is 7.66. The summed E-state index contributed by atoms with van der Waals surface area (Å²) in [6.07, 6.45) is 17.3. The molecule has 0 aromatic rings. The van der Waals surface area contributed by atoms with Crippen molar-refractivity contribution in [2.75, 3.05) is 39.3 Å². The van der Waals surface area contributed by atoms with E-state index in [2.05, 4.69) is 98.2 Å². The van der Waals surface area contributed by atoms with Gasteiger partial charge in [0.1, 0.15) is 11.8 Å². The second-order valence-corrected chi connectivity index (χ2v) is 20.5. The predicted octanol–water partition coefficient (Wildman–Crippen LogP) is 9.46. The highest BCUT2D eigenvalue weighted by molar-refractivity contribution is 5.67. The number of amides is 1. The number of hydrogen-bond acceptors (Lipinski definition) is 6. The van der Waals surface area contributed by atoms with Gasteiger partial charge in [0.05, 0.1) is 6.61 Å². The van der Waals surface area contributed by atoms with Gasteiger partial charge < -0.3 is 25.8 Å². The minimum atomic E-state index is -0.489. The number of alkyl carbamates (subject to hydrolysis) is 1. The minimum absolute atomic E-state index is 0.0159. The molecule has 51 heavy (non-hydrogen) atoms. The molecular weight excluding hydrogens is 633 g/mol. The van der Waals surface area contributed by atoms with Gasteiger partial charge in [0.15, 0.2) is 0 Å². The molecule has 0 radical (unpaired) electrons. The Labute approximate surface area is 314 Å². The molecule has 4 aliphatic rings. The molecule has 4 aliphatic carbocycles. The molecule has 0 spiro atoms. The molecule has 0 aliphatic heterocycles. The third kappa shape index (κ3) is 10.3. The molecule has 296 valence electrons. The summed E-state index contributed by atoms with van der Waals surface area (Å²) in [5, 5.41) is 10.1.